The minimum atomic E-state index is 0.381. The van der Waals surface area contributed by atoms with E-state index in [1.54, 1.807) is 0 Å². The van der Waals surface area contributed by atoms with E-state index in [0.29, 0.717) is 12.6 Å². The van der Waals surface area contributed by atoms with Gasteiger partial charge in [-0.3, -0.25) is 0 Å². The van der Waals surface area contributed by atoms with Crippen molar-refractivity contribution in [1.29, 1.82) is 0 Å². The third kappa shape index (κ3) is 2.16. The summed E-state index contributed by atoms with van der Waals surface area (Å²) >= 11 is 0. The van der Waals surface area contributed by atoms with Crippen molar-refractivity contribution in [3.05, 3.63) is 36.0 Å². The molecule has 3 nitrogen and oxygen atoms in total. The van der Waals surface area contributed by atoms with Crippen LogP contribution in [0, 0.1) is 0 Å². The van der Waals surface area contributed by atoms with Gasteiger partial charge in [-0.25, -0.2) is 0 Å². The van der Waals surface area contributed by atoms with Crippen molar-refractivity contribution < 1.29 is 4.74 Å². The molecule has 1 atom stereocenters. The number of nitrogens with zero attached hydrogens (tertiary/aromatic N) is 1. The molecule has 2 heterocycles. The molecular formula is C15H20N2O. The molecule has 0 spiro atoms. The average Bonchev–Trinajstić information content (AvgIpc) is 3.01. The summed E-state index contributed by atoms with van der Waals surface area (Å²) in [7, 11) is 0. The number of aromatic nitrogens is 1. The van der Waals surface area contributed by atoms with Gasteiger partial charge in [0, 0.05) is 19.3 Å². The summed E-state index contributed by atoms with van der Waals surface area (Å²) in [6.45, 7) is 2.58. The van der Waals surface area contributed by atoms with E-state index in [2.05, 4.69) is 35.0 Å². The molecule has 1 aliphatic rings. The minimum Gasteiger partial charge on any atom is -0.376 e. The van der Waals surface area contributed by atoms with E-state index < -0.39 is 0 Å². The minimum absolute atomic E-state index is 0.381. The standard InChI is InChI=1S/C15H20N2O/c16-8-6-12-3-1-4-13-7-9-17(15(12)13)11-14-5-2-10-18-14/h1,3-4,7,9,14H,2,5-6,8,10-11,16H2. The van der Waals surface area contributed by atoms with E-state index in [1.165, 1.54) is 29.3 Å². The van der Waals surface area contributed by atoms with Gasteiger partial charge in [0.25, 0.3) is 0 Å². The fourth-order valence-electron chi connectivity index (χ4n) is 2.86. The van der Waals surface area contributed by atoms with Crippen LogP contribution in [0.2, 0.25) is 0 Å². The largest absolute Gasteiger partial charge is 0.376 e. The second-order valence-corrected chi connectivity index (χ2v) is 5.00. The van der Waals surface area contributed by atoms with Crippen LogP contribution in [-0.4, -0.2) is 23.8 Å². The lowest BCUT2D eigenvalue weighted by Crippen LogP contribution is -2.15. The molecule has 0 amide bonds. The van der Waals surface area contributed by atoms with Crippen LogP contribution in [0.3, 0.4) is 0 Å². The maximum Gasteiger partial charge on any atom is 0.0754 e. The van der Waals surface area contributed by atoms with Crippen molar-refractivity contribution >= 4 is 10.9 Å². The SMILES string of the molecule is NCCc1cccc2ccn(CC3CCCO3)c12. The van der Waals surface area contributed by atoms with Gasteiger partial charge in [-0.1, -0.05) is 18.2 Å². The monoisotopic (exact) mass is 244 g/mol. The van der Waals surface area contributed by atoms with Crippen LogP contribution in [0.1, 0.15) is 18.4 Å². The van der Waals surface area contributed by atoms with E-state index in [0.717, 1.165) is 19.6 Å². The summed E-state index contributed by atoms with van der Waals surface area (Å²) in [6, 6.07) is 8.65. The number of rotatable bonds is 4. The molecule has 1 unspecified atom stereocenters. The first-order valence-electron chi connectivity index (χ1n) is 6.77. The topological polar surface area (TPSA) is 40.2 Å². The summed E-state index contributed by atoms with van der Waals surface area (Å²) in [5.41, 5.74) is 8.38. The number of fused-ring (bicyclic) bond motifs is 1. The first kappa shape index (κ1) is 11.8. The van der Waals surface area contributed by atoms with Crippen molar-refractivity contribution in [2.45, 2.75) is 31.9 Å². The smallest absolute Gasteiger partial charge is 0.0754 e. The van der Waals surface area contributed by atoms with E-state index in [1.807, 2.05) is 0 Å². The normalized spacial score (nSPS) is 19.7. The van der Waals surface area contributed by atoms with Crippen molar-refractivity contribution in [2.24, 2.45) is 5.73 Å². The van der Waals surface area contributed by atoms with Crippen molar-refractivity contribution in [3.8, 4) is 0 Å². The highest BCUT2D eigenvalue weighted by Gasteiger charge is 2.17. The van der Waals surface area contributed by atoms with Gasteiger partial charge in [-0.2, -0.15) is 0 Å². The zero-order chi connectivity index (χ0) is 12.4. The number of hydrogen-bond donors (Lipinski definition) is 1. The lowest BCUT2D eigenvalue weighted by Gasteiger charge is -2.13. The Morgan fingerprint density at radius 1 is 1.33 bits per heavy atom. The Morgan fingerprint density at radius 2 is 2.28 bits per heavy atom. The molecule has 96 valence electrons. The maximum absolute atomic E-state index is 5.73. The second-order valence-electron chi connectivity index (χ2n) is 5.00. The quantitative estimate of drug-likeness (QED) is 0.896. The van der Waals surface area contributed by atoms with Crippen LogP contribution in [0.15, 0.2) is 30.5 Å². The molecule has 18 heavy (non-hydrogen) atoms. The van der Waals surface area contributed by atoms with Crippen molar-refractivity contribution in [2.75, 3.05) is 13.2 Å². The molecule has 1 fully saturated rings. The Kier molecular flexibility index (Phi) is 3.35. The molecule has 2 aromatic rings. The highest BCUT2D eigenvalue weighted by atomic mass is 16.5. The van der Waals surface area contributed by atoms with E-state index in [-0.39, 0.29) is 0 Å². The van der Waals surface area contributed by atoms with Crippen LogP contribution < -0.4 is 5.73 Å². The summed E-state index contributed by atoms with van der Waals surface area (Å²) < 4.78 is 8.06. The van der Waals surface area contributed by atoms with Crippen LogP contribution in [0.25, 0.3) is 10.9 Å². The summed E-state index contributed by atoms with van der Waals surface area (Å²) in [5, 5.41) is 1.30. The fraction of sp³-hybridized carbons (Fsp3) is 0.467. The summed E-state index contributed by atoms with van der Waals surface area (Å²) in [4.78, 5) is 0. The molecule has 2 N–H and O–H groups in total. The van der Waals surface area contributed by atoms with Crippen LogP contribution in [0.5, 0.6) is 0 Å². The van der Waals surface area contributed by atoms with Gasteiger partial charge in [-0.05, 0) is 42.8 Å². The third-order valence-electron chi connectivity index (χ3n) is 3.71. The van der Waals surface area contributed by atoms with E-state index >= 15 is 0 Å². The zero-order valence-corrected chi connectivity index (χ0v) is 10.6. The second kappa shape index (κ2) is 5.12. The molecule has 1 aliphatic heterocycles. The van der Waals surface area contributed by atoms with Gasteiger partial charge >= 0.3 is 0 Å². The highest BCUT2D eigenvalue weighted by molar-refractivity contribution is 5.83. The lowest BCUT2D eigenvalue weighted by atomic mass is 10.1. The number of para-hydroxylation sites is 1. The van der Waals surface area contributed by atoms with Crippen LogP contribution >= 0.6 is 0 Å². The molecule has 3 heteroatoms. The predicted molar refractivity (Wildman–Crippen MR) is 73.7 cm³/mol. The number of ether oxygens (including phenoxy) is 1. The molecule has 0 saturated carbocycles. The van der Waals surface area contributed by atoms with Gasteiger partial charge in [0.1, 0.15) is 0 Å². The van der Waals surface area contributed by atoms with Crippen molar-refractivity contribution in [1.82, 2.24) is 4.57 Å². The first-order chi connectivity index (χ1) is 8.88. The Morgan fingerprint density at radius 3 is 3.06 bits per heavy atom. The predicted octanol–water partition coefficient (Wildman–Crippen LogP) is 2.32. The average molecular weight is 244 g/mol. The Bertz CT molecular complexity index is 526. The van der Waals surface area contributed by atoms with Crippen LogP contribution in [0.4, 0.5) is 0 Å². The molecular weight excluding hydrogens is 224 g/mol. The molecule has 0 radical (unpaired) electrons. The Labute approximate surface area is 108 Å². The van der Waals surface area contributed by atoms with Gasteiger partial charge < -0.3 is 15.0 Å². The van der Waals surface area contributed by atoms with E-state index in [4.69, 9.17) is 10.5 Å². The summed E-state index contributed by atoms with van der Waals surface area (Å²) in [5.74, 6) is 0. The highest BCUT2D eigenvalue weighted by Crippen LogP contribution is 2.23. The fourth-order valence-corrected chi connectivity index (χ4v) is 2.86. The van der Waals surface area contributed by atoms with Crippen LogP contribution in [-0.2, 0) is 17.7 Å². The molecule has 1 aromatic carbocycles. The van der Waals surface area contributed by atoms with Gasteiger partial charge in [0.15, 0.2) is 0 Å². The number of nitrogens with two attached hydrogens (primary N) is 1. The maximum atomic E-state index is 5.73. The zero-order valence-electron chi connectivity index (χ0n) is 10.6. The Hall–Kier alpha value is -1.32. The Balaban J connectivity index is 1.95. The van der Waals surface area contributed by atoms with E-state index in [9.17, 15) is 0 Å². The first-order valence-corrected chi connectivity index (χ1v) is 6.77. The van der Waals surface area contributed by atoms with Gasteiger partial charge in [0.2, 0.25) is 0 Å². The molecule has 0 bridgehead atoms. The van der Waals surface area contributed by atoms with Gasteiger partial charge in [-0.15, -0.1) is 0 Å². The molecule has 0 aliphatic carbocycles. The lowest BCUT2D eigenvalue weighted by molar-refractivity contribution is 0.0980. The number of hydrogen-bond acceptors (Lipinski definition) is 2. The molecule has 1 aromatic heterocycles. The number of benzene rings is 1. The molecule has 3 rings (SSSR count). The van der Waals surface area contributed by atoms with Gasteiger partial charge in [0.05, 0.1) is 11.6 Å². The van der Waals surface area contributed by atoms with Crippen molar-refractivity contribution in [3.63, 3.8) is 0 Å². The third-order valence-corrected chi connectivity index (χ3v) is 3.71. The molecule has 1 saturated heterocycles. The summed E-state index contributed by atoms with van der Waals surface area (Å²) in [6.07, 6.45) is 5.86.